The van der Waals surface area contributed by atoms with Crippen molar-refractivity contribution in [3.63, 3.8) is 0 Å². The number of ether oxygens (including phenoxy) is 2. The predicted molar refractivity (Wildman–Crippen MR) is 98.9 cm³/mol. The second kappa shape index (κ2) is 7.96. The second-order valence-corrected chi connectivity index (χ2v) is 6.47. The fraction of sp³-hybridized carbons (Fsp3) is 0.350. The molecule has 7 heteroatoms. The number of fused-ring (bicyclic) bond motifs is 1. The van der Waals surface area contributed by atoms with Gasteiger partial charge in [0.1, 0.15) is 24.3 Å². The fourth-order valence-corrected chi connectivity index (χ4v) is 3.14. The molecule has 1 aromatic carbocycles. The number of para-hydroxylation sites is 2. The monoisotopic (exact) mass is 367 g/mol. The van der Waals surface area contributed by atoms with Gasteiger partial charge < -0.3 is 19.8 Å². The van der Waals surface area contributed by atoms with Crippen molar-refractivity contribution in [1.82, 2.24) is 10.3 Å². The van der Waals surface area contributed by atoms with Gasteiger partial charge in [0.05, 0.1) is 6.54 Å². The van der Waals surface area contributed by atoms with Gasteiger partial charge in [-0.3, -0.25) is 9.59 Å². The van der Waals surface area contributed by atoms with Crippen molar-refractivity contribution >= 4 is 5.91 Å². The number of aromatic nitrogens is 1. The Balaban J connectivity index is 1.54. The lowest BCUT2D eigenvalue weighted by Crippen LogP contribution is -2.40. The zero-order valence-electron chi connectivity index (χ0n) is 15.3. The number of hydrogen-bond donors (Lipinski definition) is 2. The van der Waals surface area contributed by atoms with E-state index in [1.807, 2.05) is 30.3 Å². The fourth-order valence-electron chi connectivity index (χ4n) is 3.14. The van der Waals surface area contributed by atoms with Crippen LogP contribution in [0.5, 0.6) is 11.5 Å². The number of rotatable bonds is 5. The Labute approximate surface area is 156 Å². The highest BCUT2D eigenvalue weighted by Crippen LogP contribution is 2.30. The summed E-state index contributed by atoms with van der Waals surface area (Å²) in [6, 6.07) is 9.34. The summed E-state index contributed by atoms with van der Waals surface area (Å²) in [4.78, 5) is 26.6. The van der Waals surface area contributed by atoms with Crippen LogP contribution in [0.3, 0.4) is 0 Å². The first-order chi connectivity index (χ1) is 13.0. The van der Waals surface area contributed by atoms with Gasteiger partial charge in [-0.05, 0) is 43.5 Å². The van der Waals surface area contributed by atoms with E-state index in [1.54, 1.807) is 13.8 Å². The Bertz CT molecular complexity index is 959. The Morgan fingerprint density at radius 3 is 2.81 bits per heavy atom. The summed E-state index contributed by atoms with van der Waals surface area (Å²) >= 11 is 0. The number of H-pyrrole nitrogens is 1. The molecule has 0 spiro atoms. The quantitative estimate of drug-likeness (QED) is 0.838. The van der Waals surface area contributed by atoms with Crippen molar-refractivity contribution in [2.45, 2.75) is 32.8 Å². The highest BCUT2D eigenvalue weighted by molar-refractivity contribution is 5.76. The molecule has 0 unspecified atom stereocenters. The lowest BCUT2D eigenvalue weighted by molar-refractivity contribution is -0.121. The van der Waals surface area contributed by atoms with E-state index in [0.29, 0.717) is 42.3 Å². The second-order valence-electron chi connectivity index (χ2n) is 6.47. The van der Waals surface area contributed by atoms with Gasteiger partial charge in [0, 0.05) is 12.1 Å². The normalized spacial score (nSPS) is 15.1. The van der Waals surface area contributed by atoms with Crippen molar-refractivity contribution in [2.24, 2.45) is 0 Å². The lowest BCUT2D eigenvalue weighted by atomic mass is 9.99. The molecule has 1 aliphatic rings. The van der Waals surface area contributed by atoms with Gasteiger partial charge in [0.15, 0.2) is 11.5 Å². The highest BCUT2D eigenvalue weighted by atomic mass is 16.6. The number of nitrogens with one attached hydrogen (secondary N) is 2. The molecule has 7 nitrogen and oxygen atoms in total. The van der Waals surface area contributed by atoms with Crippen molar-refractivity contribution in [3.8, 4) is 17.6 Å². The van der Waals surface area contributed by atoms with Gasteiger partial charge in [-0.1, -0.05) is 12.1 Å². The van der Waals surface area contributed by atoms with Crippen LogP contribution in [-0.2, 0) is 11.2 Å². The molecule has 2 heterocycles. The first kappa shape index (κ1) is 18.5. The first-order valence-electron chi connectivity index (χ1n) is 8.77. The van der Waals surface area contributed by atoms with Gasteiger partial charge >= 0.3 is 0 Å². The molecular formula is C20H21N3O4. The van der Waals surface area contributed by atoms with E-state index < -0.39 is 5.56 Å². The predicted octanol–water partition coefficient (Wildman–Crippen LogP) is 1.75. The van der Waals surface area contributed by atoms with E-state index in [9.17, 15) is 9.59 Å². The van der Waals surface area contributed by atoms with E-state index in [1.165, 1.54) is 0 Å². The molecule has 1 atom stereocenters. The average molecular weight is 367 g/mol. The number of carbonyl (C=O) groups is 1. The van der Waals surface area contributed by atoms with Crippen LogP contribution in [0.25, 0.3) is 0 Å². The molecule has 0 saturated carbocycles. The van der Waals surface area contributed by atoms with Crippen LogP contribution in [0.4, 0.5) is 0 Å². The number of aryl methyl sites for hydroxylation is 1. The first-order valence-corrected chi connectivity index (χ1v) is 8.77. The standard InChI is InChI=1S/C20H21N3O4/c1-12-15(13(2)23-20(25)16(12)9-21)7-8-19(24)22-10-14-11-26-17-5-3-4-6-18(17)27-14/h3-6,14H,7-8,10-11H2,1-2H3,(H,22,24)(H,23,25)/t14-/m0/s1. The van der Waals surface area contributed by atoms with Gasteiger partial charge in [-0.25, -0.2) is 0 Å². The van der Waals surface area contributed by atoms with Crippen LogP contribution in [-0.4, -0.2) is 30.1 Å². The minimum atomic E-state index is -0.393. The molecule has 0 aliphatic carbocycles. The van der Waals surface area contributed by atoms with Gasteiger partial charge in [-0.2, -0.15) is 5.26 Å². The van der Waals surface area contributed by atoms with Crippen LogP contribution in [0.2, 0.25) is 0 Å². The summed E-state index contributed by atoms with van der Waals surface area (Å²) in [7, 11) is 0. The molecule has 0 saturated heterocycles. The molecule has 1 aromatic heterocycles. The Hall–Kier alpha value is -3.27. The summed E-state index contributed by atoms with van der Waals surface area (Å²) < 4.78 is 11.4. The summed E-state index contributed by atoms with van der Waals surface area (Å²) in [6.07, 6.45) is 0.452. The molecule has 27 heavy (non-hydrogen) atoms. The summed E-state index contributed by atoms with van der Waals surface area (Å²) in [5.74, 6) is 1.25. The topological polar surface area (TPSA) is 104 Å². The Morgan fingerprint density at radius 1 is 1.33 bits per heavy atom. The van der Waals surface area contributed by atoms with Crippen molar-refractivity contribution in [1.29, 1.82) is 5.26 Å². The van der Waals surface area contributed by atoms with Crippen molar-refractivity contribution in [3.05, 3.63) is 57.0 Å². The van der Waals surface area contributed by atoms with E-state index in [-0.39, 0.29) is 24.0 Å². The van der Waals surface area contributed by atoms with Crippen molar-refractivity contribution in [2.75, 3.05) is 13.2 Å². The molecular weight excluding hydrogens is 346 g/mol. The minimum Gasteiger partial charge on any atom is -0.486 e. The maximum atomic E-state index is 12.2. The molecule has 1 aliphatic heterocycles. The summed E-state index contributed by atoms with van der Waals surface area (Å²) in [6.45, 7) is 4.23. The number of benzene rings is 1. The number of amides is 1. The molecule has 3 rings (SSSR count). The zero-order valence-corrected chi connectivity index (χ0v) is 15.3. The molecule has 140 valence electrons. The number of nitriles is 1. The Morgan fingerprint density at radius 2 is 2.07 bits per heavy atom. The summed E-state index contributed by atoms with van der Waals surface area (Å²) in [5.41, 5.74) is 1.85. The number of hydrogen-bond acceptors (Lipinski definition) is 5. The van der Waals surface area contributed by atoms with Crippen LogP contribution in [0, 0.1) is 25.2 Å². The lowest BCUT2D eigenvalue weighted by Gasteiger charge is -2.26. The van der Waals surface area contributed by atoms with Crippen LogP contribution in [0.1, 0.15) is 28.8 Å². The third-order valence-electron chi connectivity index (χ3n) is 4.62. The maximum Gasteiger partial charge on any atom is 0.266 e. The average Bonchev–Trinajstić information content (AvgIpc) is 2.66. The third kappa shape index (κ3) is 4.11. The van der Waals surface area contributed by atoms with Crippen LogP contribution in [0.15, 0.2) is 29.1 Å². The van der Waals surface area contributed by atoms with Crippen molar-refractivity contribution < 1.29 is 14.3 Å². The zero-order chi connectivity index (χ0) is 19.4. The molecule has 0 fully saturated rings. The number of pyridine rings is 1. The third-order valence-corrected chi connectivity index (χ3v) is 4.62. The van der Waals surface area contributed by atoms with Gasteiger partial charge in [-0.15, -0.1) is 0 Å². The van der Waals surface area contributed by atoms with Gasteiger partial charge in [0.2, 0.25) is 5.91 Å². The number of nitrogens with zero attached hydrogens (tertiary/aromatic N) is 1. The highest BCUT2D eigenvalue weighted by Gasteiger charge is 2.21. The molecule has 1 amide bonds. The minimum absolute atomic E-state index is 0.0995. The molecule has 0 radical (unpaired) electrons. The van der Waals surface area contributed by atoms with E-state index in [0.717, 1.165) is 5.56 Å². The van der Waals surface area contributed by atoms with Crippen LogP contribution >= 0.6 is 0 Å². The number of carbonyl (C=O) groups excluding carboxylic acids is 1. The Kier molecular flexibility index (Phi) is 5.46. The number of aromatic amines is 1. The molecule has 2 N–H and O–H groups in total. The SMILES string of the molecule is Cc1[nH]c(=O)c(C#N)c(C)c1CCC(=O)NC[C@H]1COc2ccccc2O1. The van der Waals surface area contributed by atoms with Gasteiger partial charge in [0.25, 0.3) is 5.56 Å². The maximum absolute atomic E-state index is 12.2. The molecule has 2 aromatic rings. The summed E-state index contributed by atoms with van der Waals surface area (Å²) in [5, 5.41) is 12.0. The smallest absolute Gasteiger partial charge is 0.266 e. The van der Waals surface area contributed by atoms with E-state index >= 15 is 0 Å². The van der Waals surface area contributed by atoms with Crippen LogP contribution < -0.4 is 20.3 Å². The molecule has 0 bridgehead atoms. The largest absolute Gasteiger partial charge is 0.486 e. The van der Waals surface area contributed by atoms with E-state index in [2.05, 4.69) is 10.3 Å². The van der Waals surface area contributed by atoms with E-state index in [4.69, 9.17) is 14.7 Å².